The van der Waals surface area contributed by atoms with E-state index in [0.717, 1.165) is 63.2 Å². The number of nitrogens with zero attached hydrogens (tertiary/aromatic N) is 5. The molecule has 7 heteroatoms. The minimum Gasteiger partial charge on any atom is -0.0622 e. The van der Waals surface area contributed by atoms with Gasteiger partial charge < -0.3 is 4.90 Å². The molecule has 0 radical (unpaired) electrons. The minimum atomic E-state index is 0.461. The Bertz CT molecular complexity index is 3120. The van der Waals surface area contributed by atoms with Crippen molar-refractivity contribution >= 4 is 22.5 Å². The van der Waals surface area contributed by atoms with Gasteiger partial charge >= 0.3 is 297 Å². The van der Waals surface area contributed by atoms with Crippen LogP contribution in [0.5, 0.6) is 11.5 Å². The predicted octanol–water partition coefficient (Wildman–Crippen LogP) is 13.2. The summed E-state index contributed by atoms with van der Waals surface area (Å²) >= 11 is 2.51. The van der Waals surface area contributed by atoms with E-state index < -0.39 is 0 Å². The Hall–Kier alpha value is -6.59. The van der Waals surface area contributed by atoms with Gasteiger partial charge in [0, 0.05) is 11.8 Å². The van der Waals surface area contributed by atoms with Crippen LogP contribution < -0.4 is 9.64 Å². The van der Waals surface area contributed by atoms with E-state index in [4.69, 9.17) is 9.72 Å². The number of para-hydroxylation sites is 3. The molecule has 0 bridgehead atoms. The first-order valence-corrected chi connectivity index (χ1v) is 22.9. The molecule has 0 saturated carbocycles. The van der Waals surface area contributed by atoms with Gasteiger partial charge in [-0.05, 0) is 38.1 Å². The van der Waals surface area contributed by atoms with E-state index in [-0.39, 0.29) is 0 Å². The van der Waals surface area contributed by atoms with E-state index in [1.807, 2.05) is 6.20 Å². The van der Waals surface area contributed by atoms with Gasteiger partial charge in [-0.3, -0.25) is 0 Å². The number of pyridine rings is 1. The number of hydrogen-bond donors (Lipinski definition) is 0. The Morgan fingerprint density at radius 2 is 1.19 bits per heavy atom. The zero-order chi connectivity index (χ0) is 42.4. The molecule has 2 aromatic heterocycles. The third-order valence-corrected chi connectivity index (χ3v) is 14.0. The van der Waals surface area contributed by atoms with Gasteiger partial charge in [-0.15, -0.1) is 0 Å². The maximum absolute atomic E-state index is 6.87. The van der Waals surface area contributed by atoms with Gasteiger partial charge in [-0.2, -0.15) is 0 Å². The number of hydrogen-bond acceptors (Lipinski definition) is 4. The molecule has 2 aliphatic heterocycles. The molecule has 63 heavy (non-hydrogen) atoms. The van der Waals surface area contributed by atoms with E-state index >= 15 is 0 Å². The van der Waals surface area contributed by atoms with Gasteiger partial charge in [0.15, 0.2) is 0 Å². The summed E-state index contributed by atoms with van der Waals surface area (Å²) in [5.74, 6) is 3.58. The van der Waals surface area contributed by atoms with Crippen LogP contribution in [0.25, 0.3) is 55.8 Å². The second-order valence-electron chi connectivity index (χ2n) is 16.9. The fourth-order valence-electron chi connectivity index (χ4n) is 9.90. The standard InChI is InChI=1S/C56H47N5O.Pt/c1-39-32-55(57-35-50(39)42-20-10-5-11-21-42)59-36-43-30-31-58(2)37-51(43)49-29-28-46(34-54(49)59)62-45-23-14-22-44(33-45)60-38-61(53-27-13-12-26-52(53)60)56-47(40-16-6-3-7-17-40)24-15-25-48(56)41-18-8-4-9-19-41;/h3-29,32-35,43,51H,30-31,36-37H2,1-2H3;. The van der Waals surface area contributed by atoms with Crippen LogP contribution in [0, 0.1) is 16.6 Å². The monoisotopic (exact) mass is 1000 g/mol. The molecule has 0 spiro atoms. The van der Waals surface area contributed by atoms with Crippen molar-refractivity contribution < 1.29 is 24.1 Å². The van der Waals surface area contributed by atoms with Crippen LogP contribution in [0.1, 0.15) is 23.5 Å². The Morgan fingerprint density at radius 1 is 0.587 bits per heavy atom. The molecule has 0 amide bonds. The Kier molecular flexibility index (Phi) is 10.3. The van der Waals surface area contributed by atoms with Gasteiger partial charge in [0.1, 0.15) is 0 Å². The second kappa shape index (κ2) is 16.6. The number of anilines is 2. The SMILES string of the molecule is Cc1cc(N2CC3CCN(C)CC3c3ccc(Oc4cccc(-n5[c](=[Pt])n(-c6c(-c7ccccc7)cccc6-c6ccccc6)c6ccccc65)c4)cc32)ncc1-c1ccccc1. The number of aromatic nitrogens is 3. The Labute approximate surface area is 379 Å². The van der Waals surface area contributed by atoms with Crippen LogP contribution >= 0.6 is 0 Å². The zero-order valence-electron chi connectivity index (χ0n) is 35.3. The van der Waals surface area contributed by atoms with Crippen LogP contribution in [0.15, 0.2) is 188 Å². The van der Waals surface area contributed by atoms with Crippen LogP contribution in [-0.4, -0.2) is 45.7 Å². The van der Waals surface area contributed by atoms with Gasteiger partial charge in [-0.25, -0.2) is 0 Å². The number of ether oxygens (including phenoxy) is 1. The number of likely N-dealkylation sites (tertiary alicyclic amines) is 1. The van der Waals surface area contributed by atoms with E-state index in [2.05, 4.69) is 234 Å². The van der Waals surface area contributed by atoms with Crippen molar-refractivity contribution in [1.82, 2.24) is 19.0 Å². The minimum absolute atomic E-state index is 0.461. The van der Waals surface area contributed by atoms with Crippen molar-refractivity contribution in [1.29, 1.82) is 0 Å². The van der Waals surface area contributed by atoms with Gasteiger partial charge in [-0.1, -0.05) is 30.3 Å². The average molecular weight is 1000 g/mol. The molecule has 7 aromatic carbocycles. The molecule has 2 aliphatic rings. The molecule has 1 fully saturated rings. The van der Waals surface area contributed by atoms with Crippen molar-refractivity contribution in [3.8, 4) is 56.3 Å². The van der Waals surface area contributed by atoms with Crippen LogP contribution in [-0.2, 0) is 19.4 Å². The fraction of sp³-hybridized carbons (Fsp3) is 0.143. The number of piperidine rings is 1. The van der Waals surface area contributed by atoms with E-state index in [1.54, 1.807) is 0 Å². The number of aryl methyl sites for hydroxylation is 1. The van der Waals surface area contributed by atoms with Crippen LogP contribution in [0.2, 0.25) is 0 Å². The number of imidazole rings is 1. The summed E-state index contributed by atoms with van der Waals surface area (Å²) in [6, 6.07) is 64.8. The first-order valence-electron chi connectivity index (χ1n) is 21.8. The summed E-state index contributed by atoms with van der Waals surface area (Å²) in [6.07, 6.45) is 3.21. The van der Waals surface area contributed by atoms with Crippen LogP contribution in [0.4, 0.5) is 11.5 Å². The molecule has 6 nitrogen and oxygen atoms in total. The zero-order valence-corrected chi connectivity index (χ0v) is 37.6. The topological polar surface area (TPSA) is 38.5 Å². The third-order valence-electron chi connectivity index (χ3n) is 13.0. The van der Waals surface area contributed by atoms with E-state index in [9.17, 15) is 0 Å². The molecule has 9 aromatic rings. The smallest absolute Gasteiger partial charge is 0.0622 e. The van der Waals surface area contributed by atoms with Crippen LogP contribution in [0.3, 0.4) is 0 Å². The first kappa shape index (κ1) is 39.3. The molecule has 2 atom stereocenters. The third kappa shape index (κ3) is 7.27. The summed E-state index contributed by atoms with van der Waals surface area (Å²) < 4.78 is 12.7. The summed E-state index contributed by atoms with van der Waals surface area (Å²) in [4.78, 5) is 10.0. The van der Waals surface area contributed by atoms with Crippen molar-refractivity contribution in [2.45, 2.75) is 19.3 Å². The maximum atomic E-state index is 6.87. The molecule has 0 N–H and O–H groups in total. The summed E-state index contributed by atoms with van der Waals surface area (Å²) in [5.41, 5.74) is 15.2. The van der Waals surface area contributed by atoms with E-state index in [1.165, 1.54) is 56.6 Å². The molecule has 312 valence electrons. The predicted molar refractivity (Wildman–Crippen MR) is 253 cm³/mol. The molecule has 1 saturated heterocycles. The molecular formula is C56H47N5OPt. The average Bonchev–Trinajstić information content (AvgIpc) is 3.63. The number of fused-ring (bicyclic) bond motifs is 4. The van der Waals surface area contributed by atoms with E-state index in [0.29, 0.717) is 11.8 Å². The molecule has 0 aliphatic carbocycles. The fourth-order valence-corrected chi connectivity index (χ4v) is 11.0. The molecular weight excluding hydrogens is 954 g/mol. The summed E-state index contributed by atoms with van der Waals surface area (Å²) in [5, 5.41) is 0. The Balaban J connectivity index is 0.993. The molecule has 4 heterocycles. The van der Waals surface area contributed by atoms with Gasteiger partial charge in [0.05, 0.1) is 0 Å². The summed E-state index contributed by atoms with van der Waals surface area (Å²) in [6.45, 7) is 5.30. The normalized spacial score (nSPS) is 16.2. The molecule has 2 unspecified atom stereocenters. The van der Waals surface area contributed by atoms with Crippen molar-refractivity contribution in [2.75, 3.05) is 31.6 Å². The second-order valence-corrected chi connectivity index (χ2v) is 17.9. The van der Waals surface area contributed by atoms with Crippen molar-refractivity contribution in [3.63, 3.8) is 0 Å². The number of benzene rings is 7. The number of rotatable bonds is 8. The van der Waals surface area contributed by atoms with Crippen molar-refractivity contribution in [2.24, 2.45) is 5.92 Å². The van der Waals surface area contributed by atoms with Gasteiger partial charge in [0.25, 0.3) is 0 Å². The van der Waals surface area contributed by atoms with Gasteiger partial charge in [0.2, 0.25) is 0 Å². The molecule has 11 rings (SSSR count). The number of likely N-dealkylation sites (N-methyl/N-ethyl adjacent to an activating group) is 1. The first-order chi connectivity index (χ1) is 31.0. The van der Waals surface area contributed by atoms with Crippen molar-refractivity contribution in [3.05, 3.63) is 203 Å². The quantitative estimate of drug-likeness (QED) is 0.152. The Morgan fingerprint density at radius 3 is 1.86 bits per heavy atom. The summed E-state index contributed by atoms with van der Waals surface area (Å²) in [7, 11) is 2.25.